The van der Waals surface area contributed by atoms with Gasteiger partial charge in [-0.05, 0) is 43.2 Å². The smallest absolute Gasteiger partial charge is 0.315 e. The van der Waals surface area contributed by atoms with Crippen molar-refractivity contribution >= 4 is 15.9 Å². The van der Waals surface area contributed by atoms with Gasteiger partial charge >= 0.3 is 6.03 Å². The van der Waals surface area contributed by atoms with E-state index in [9.17, 15) is 13.2 Å². The van der Waals surface area contributed by atoms with E-state index < -0.39 is 9.84 Å². The molecule has 0 saturated heterocycles. The number of hydrogen-bond acceptors (Lipinski definition) is 4. The molecule has 0 saturated carbocycles. The van der Waals surface area contributed by atoms with Crippen LogP contribution in [0.1, 0.15) is 24.1 Å². The summed E-state index contributed by atoms with van der Waals surface area (Å²) in [6.45, 7) is 4.54. The molecule has 2 rings (SSSR count). The molecule has 0 radical (unpaired) electrons. The minimum atomic E-state index is -3.22. The first-order valence-electron chi connectivity index (χ1n) is 8.30. The fourth-order valence-corrected chi connectivity index (χ4v) is 3.01. The van der Waals surface area contributed by atoms with Crippen LogP contribution >= 0.6 is 0 Å². The molecule has 7 heteroatoms. The predicted molar refractivity (Wildman–Crippen MR) is 101 cm³/mol. The summed E-state index contributed by atoms with van der Waals surface area (Å²) in [5.74, 6) is 0.800. The number of benzene rings is 2. The highest BCUT2D eigenvalue weighted by atomic mass is 32.2. The lowest BCUT2D eigenvalue weighted by molar-refractivity contribution is 0.233. The summed E-state index contributed by atoms with van der Waals surface area (Å²) in [6.07, 6.45) is 1.16. The lowest BCUT2D eigenvalue weighted by Gasteiger charge is -2.16. The number of carbonyl (C=O) groups is 1. The molecule has 0 aliphatic heterocycles. The summed E-state index contributed by atoms with van der Waals surface area (Å²) in [5.41, 5.74) is 1.87. The maximum Gasteiger partial charge on any atom is 0.315 e. The zero-order valence-electron chi connectivity index (χ0n) is 15.2. The maximum absolute atomic E-state index is 12.0. The van der Waals surface area contributed by atoms with E-state index in [4.69, 9.17) is 4.74 Å². The van der Waals surface area contributed by atoms with E-state index in [1.165, 1.54) is 12.1 Å². The molecule has 2 aromatic carbocycles. The molecule has 0 fully saturated rings. The van der Waals surface area contributed by atoms with Crippen LogP contribution in [0.25, 0.3) is 0 Å². The molecule has 2 amide bonds. The second-order valence-electron chi connectivity index (χ2n) is 6.08. The summed E-state index contributed by atoms with van der Waals surface area (Å²) in [5, 5.41) is 5.55. The van der Waals surface area contributed by atoms with Gasteiger partial charge in [-0.3, -0.25) is 0 Å². The van der Waals surface area contributed by atoms with Crippen molar-refractivity contribution in [2.45, 2.75) is 24.8 Å². The molecule has 0 aliphatic rings. The molecule has 2 N–H and O–H groups in total. The van der Waals surface area contributed by atoms with Crippen LogP contribution in [0.3, 0.4) is 0 Å². The van der Waals surface area contributed by atoms with Gasteiger partial charge in [0.2, 0.25) is 0 Å². The van der Waals surface area contributed by atoms with E-state index in [2.05, 4.69) is 10.6 Å². The number of nitrogens with one attached hydrogen (secondary N) is 2. The van der Waals surface area contributed by atoms with Gasteiger partial charge in [-0.25, -0.2) is 13.2 Å². The van der Waals surface area contributed by atoms with Gasteiger partial charge in [0.1, 0.15) is 12.4 Å². The lowest BCUT2D eigenvalue weighted by atomic mass is 10.1. The van der Waals surface area contributed by atoms with Gasteiger partial charge in [0.25, 0.3) is 0 Å². The van der Waals surface area contributed by atoms with Gasteiger partial charge in [0.15, 0.2) is 9.84 Å². The molecule has 0 bridgehead atoms. The number of aryl methyl sites for hydroxylation is 1. The van der Waals surface area contributed by atoms with Crippen LogP contribution in [0, 0.1) is 6.92 Å². The van der Waals surface area contributed by atoms with Crippen molar-refractivity contribution in [1.29, 1.82) is 0 Å². The van der Waals surface area contributed by atoms with Crippen molar-refractivity contribution in [3.05, 3.63) is 59.7 Å². The van der Waals surface area contributed by atoms with Crippen molar-refractivity contribution in [3.8, 4) is 5.75 Å². The van der Waals surface area contributed by atoms with Crippen LogP contribution in [-0.2, 0) is 9.84 Å². The number of ether oxygens (including phenoxy) is 1. The van der Waals surface area contributed by atoms with E-state index in [-0.39, 0.29) is 17.0 Å². The first kappa shape index (κ1) is 19.8. The highest BCUT2D eigenvalue weighted by molar-refractivity contribution is 7.90. The Balaban J connectivity index is 1.77. The highest BCUT2D eigenvalue weighted by Crippen LogP contribution is 2.16. The third-order valence-electron chi connectivity index (χ3n) is 3.89. The fraction of sp³-hybridized carbons (Fsp3) is 0.316. The highest BCUT2D eigenvalue weighted by Gasteiger charge is 2.11. The Hall–Kier alpha value is -2.54. The number of rotatable bonds is 7. The third kappa shape index (κ3) is 5.77. The Bertz CT molecular complexity index is 848. The van der Waals surface area contributed by atoms with Crippen molar-refractivity contribution in [2.75, 3.05) is 19.4 Å². The third-order valence-corrected chi connectivity index (χ3v) is 5.02. The van der Waals surface area contributed by atoms with Crippen molar-refractivity contribution in [3.63, 3.8) is 0 Å². The van der Waals surface area contributed by atoms with E-state index in [1.807, 2.05) is 38.1 Å². The molecule has 140 valence electrons. The summed E-state index contributed by atoms with van der Waals surface area (Å²) in [6, 6.07) is 13.6. The zero-order valence-corrected chi connectivity index (χ0v) is 16.0. The normalized spacial score (nSPS) is 12.3. The second kappa shape index (κ2) is 8.71. The monoisotopic (exact) mass is 376 g/mol. The Morgan fingerprint density at radius 2 is 1.77 bits per heavy atom. The standard InChI is InChI=1S/C19H24N2O4S/c1-14-6-4-5-7-18(14)25-13-12-20-19(22)21-15(2)16-8-10-17(11-9-16)26(3,23)24/h4-11,15H,12-13H2,1-3H3,(H2,20,21,22). The molecule has 1 atom stereocenters. The lowest BCUT2D eigenvalue weighted by Crippen LogP contribution is -2.39. The fourth-order valence-electron chi connectivity index (χ4n) is 2.38. The van der Waals surface area contributed by atoms with E-state index >= 15 is 0 Å². The van der Waals surface area contributed by atoms with Gasteiger partial charge in [0, 0.05) is 6.26 Å². The summed E-state index contributed by atoms with van der Waals surface area (Å²) >= 11 is 0. The number of para-hydroxylation sites is 1. The molecule has 1 unspecified atom stereocenters. The van der Waals surface area contributed by atoms with Gasteiger partial charge in [-0.2, -0.15) is 0 Å². The topological polar surface area (TPSA) is 84.5 Å². The average molecular weight is 376 g/mol. The number of sulfone groups is 1. The minimum absolute atomic E-state index is 0.249. The Kier molecular flexibility index (Phi) is 6.63. The molecule has 26 heavy (non-hydrogen) atoms. The van der Waals surface area contributed by atoms with E-state index in [1.54, 1.807) is 12.1 Å². The SMILES string of the molecule is Cc1ccccc1OCCNC(=O)NC(C)c1ccc(S(C)(=O)=O)cc1. The predicted octanol–water partition coefficient (Wildman–Crippen LogP) is 2.84. The van der Waals surface area contributed by atoms with Crippen molar-refractivity contribution < 1.29 is 17.9 Å². The molecule has 0 aliphatic carbocycles. The van der Waals surface area contributed by atoms with Crippen LogP contribution in [0.15, 0.2) is 53.4 Å². The van der Waals surface area contributed by atoms with Gasteiger partial charge < -0.3 is 15.4 Å². The molecule has 6 nitrogen and oxygen atoms in total. The number of amides is 2. The summed E-state index contributed by atoms with van der Waals surface area (Å²) in [7, 11) is -3.22. The molecule has 0 spiro atoms. The van der Waals surface area contributed by atoms with Gasteiger partial charge in [-0.1, -0.05) is 30.3 Å². The minimum Gasteiger partial charge on any atom is -0.491 e. The summed E-state index contributed by atoms with van der Waals surface area (Å²) < 4.78 is 28.6. The Morgan fingerprint density at radius 1 is 1.12 bits per heavy atom. The average Bonchev–Trinajstić information content (AvgIpc) is 2.59. The van der Waals surface area contributed by atoms with Crippen LogP contribution in [-0.4, -0.2) is 33.9 Å². The second-order valence-corrected chi connectivity index (χ2v) is 8.09. The zero-order chi connectivity index (χ0) is 19.2. The maximum atomic E-state index is 12.0. The Labute approximate surface area is 154 Å². The van der Waals surface area contributed by atoms with Crippen LogP contribution in [0.4, 0.5) is 4.79 Å². The van der Waals surface area contributed by atoms with Crippen LogP contribution in [0.2, 0.25) is 0 Å². The van der Waals surface area contributed by atoms with Crippen molar-refractivity contribution in [2.24, 2.45) is 0 Å². The number of urea groups is 1. The molecule has 0 aromatic heterocycles. The summed E-state index contributed by atoms with van der Waals surface area (Å²) in [4.78, 5) is 12.2. The quantitative estimate of drug-likeness (QED) is 0.728. The van der Waals surface area contributed by atoms with Gasteiger partial charge in [-0.15, -0.1) is 0 Å². The molecule has 2 aromatic rings. The van der Waals surface area contributed by atoms with Gasteiger partial charge in [0.05, 0.1) is 17.5 Å². The van der Waals surface area contributed by atoms with Crippen LogP contribution < -0.4 is 15.4 Å². The largest absolute Gasteiger partial charge is 0.491 e. The van der Waals surface area contributed by atoms with Crippen LogP contribution in [0.5, 0.6) is 5.75 Å². The first-order chi connectivity index (χ1) is 12.3. The van der Waals surface area contributed by atoms with E-state index in [0.717, 1.165) is 23.1 Å². The number of hydrogen-bond donors (Lipinski definition) is 2. The molecular weight excluding hydrogens is 352 g/mol. The molecular formula is C19H24N2O4S. The molecule has 0 heterocycles. The number of carbonyl (C=O) groups excluding carboxylic acids is 1. The Morgan fingerprint density at radius 3 is 2.38 bits per heavy atom. The first-order valence-corrected chi connectivity index (χ1v) is 10.2. The van der Waals surface area contributed by atoms with E-state index in [0.29, 0.717) is 13.2 Å². The van der Waals surface area contributed by atoms with Crippen molar-refractivity contribution in [1.82, 2.24) is 10.6 Å².